The highest BCUT2D eigenvalue weighted by atomic mass is 35.5. The van der Waals surface area contributed by atoms with E-state index >= 15 is 0 Å². The SMILES string of the molecule is COC1CN(C(=O)c2cc3cc(Cl)ccc3[nH]2)CCN1C. The maximum atomic E-state index is 12.6. The molecule has 5 nitrogen and oxygen atoms in total. The molecule has 1 saturated heterocycles. The van der Waals surface area contributed by atoms with E-state index in [1.54, 1.807) is 7.11 Å². The quantitative estimate of drug-likeness (QED) is 0.925. The number of amides is 1. The van der Waals surface area contributed by atoms with E-state index in [9.17, 15) is 4.79 Å². The van der Waals surface area contributed by atoms with E-state index in [0.29, 0.717) is 23.8 Å². The summed E-state index contributed by atoms with van der Waals surface area (Å²) in [7, 11) is 3.67. The number of benzene rings is 1. The number of fused-ring (bicyclic) bond motifs is 1. The van der Waals surface area contributed by atoms with Crippen LogP contribution in [0.2, 0.25) is 5.02 Å². The topological polar surface area (TPSA) is 48.6 Å². The Morgan fingerprint density at radius 3 is 2.95 bits per heavy atom. The number of hydrogen-bond donors (Lipinski definition) is 1. The van der Waals surface area contributed by atoms with Crippen LogP contribution < -0.4 is 0 Å². The Morgan fingerprint density at radius 1 is 1.38 bits per heavy atom. The smallest absolute Gasteiger partial charge is 0.270 e. The third kappa shape index (κ3) is 2.77. The molecule has 0 saturated carbocycles. The summed E-state index contributed by atoms with van der Waals surface area (Å²) in [5.41, 5.74) is 1.51. The zero-order chi connectivity index (χ0) is 15.0. The van der Waals surface area contributed by atoms with E-state index in [2.05, 4.69) is 9.88 Å². The molecule has 21 heavy (non-hydrogen) atoms. The predicted molar refractivity (Wildman–Crippen MR) is 82.6 cm³/mol. The predicted octanol–water partition coefficient (Wildman–Crippen LogP) is 2.18. The summed E-state index contributed by atoms with van der Waals surface area (Å²) in [5.74, 6) is -0.00234. The lowest BCUT2D eigenvalue weighted by Gasteiger charge is -2.38. The number of hydrogen-bond acceptors (Lipinski definition) is 3. The Balaban J connectivity index is 1.83. The second-order valence-electron chi connectivity index (χ2n) is 5.34. The highest BCUT2D eigenvalue weighted by Gasteiger charge is 2.28. The molecule has 1 fully saturated rings. The van der Waals surface area contributed by atoms with Gasteiger partial charge in [-0.05, 0) is 31.3 Å². The number of carbonyl (C=O) groups is 1. The molecule has 1 N–H and O–H groups in total. The first-order valence-corrected chi connectivity index (χ1v) is 7.27. The summed E-state index contributed by atoms with van der Waals surface area (Å²) in [4.78, 5) is 19.7. The van der Waals surface area contributed by atoms with Gasteiger partial charge in [0.15, 0.2) is 0 Å². The van der Waals surface area contributed by atoms with Crippen LogP contribution in [0.5, 0.6) is 0 Å². The molecule has 1 unspecified atom stereocenters. The summed E-state index contributed by atoms with van der Waals surface area (Å²) < 4.78 is 5.40. The molecule has 1 aliphatic heterocycles. The minimum atomic E-state index is -0.0541. The molecule has 0 spiro atoms. The van der Waals surface area contributed by atoms with Gasteiger partial charge in [-0.3, -0.25) is 9.69 Å². The minimum Gasteiger partial charge on any atom is -0.364 e. The normalized spacial score (nSPS) is 20.1. The molecule has 0 radical (unpaired) electrons. The number of nitrogens with zero attached hydrogens (tertiary/aromatic N) is 2. The minimum absolute atomic E-state index is 0.00234. The number of aromatic amines is 1. The summed E-state index contributed by atoms with van der Waals surface area (Å²) in [5, 5.41) is 1.61. The van der Waals surface area contributed by atoms with Crippen molar-refractivity contribution in [2.45, 2.75) is 6.23 Å². The molecule has 0 aliphatic carbocycles. The fourth-order valence-electron chi connectivity index (χ4n) is 2.67. The molecule has 0 bridgehead atoms. The zero-order valence-corrected chi connectivity index (χ0v) is 12.9. The summed E-state index contributed by atoms with van der Waals surface area (Å²) in [6, 6.07) is 7.40. The summed E-state index contributed by atoms with van der Waals surface area (Å²) in [6.45, 7) is 2.07. The summed E-state index contributed by atoms with van der Waals surface area (Å²) >= 11 is 5.98. The van der Waals surface area contributed by atoms with Crippen molar-refractivity contribution in [3.63, 3.8) is 0 Å². The first kappa shape index (κ1) is 14.4. The van der Waals surface area contributed by atoms with E-state index in [0.717, 1.165) is 17.4 Å². The van der Waals surface area contributed by atoms with Crippen molar-refractivity contribution in [2.24, 2.45) is 0 Å². The van der Waals surface area contributed by atoms with Crippen LogP contribution in [0, 0.1) is 0 Å². The lowest BCUT2D eigenvalue weighted by atomic mass is 10.2. The molecule has 2 aromatic rings. The molecule has 1 amide bonds. The number of piperazine rings is 1. The fourth-order valence-corrected chi connectivity index (χ4v) is 2.85. The Hall–Kier alpha value is -1.56. The van der Waals surface area contributed by atoms with Crippen molar-refractivity contribution in [3.05, 3.63) is 35.0 Å². The van der Waals surface area contributed by atoms with Crippen molar-refractivity contribution < 1.29 is 9.53 Å². The van der Waals surface area contributed by atoms with Gasteiger partial charge in [-0.2, -0.15) is 0 Å². The molecule has 1 atom stereocenters. The van der Waals surface area contributed by atoms with Crippen LogP contribution in [0.25, 0.3) is 10.9 Å². The second-order valence-corrected chi connectivity index (χ2v) is 5.77. The molecular formula is C15H18ClN3O2. The molecular weight excluding hydrogens is 290 g/mol. The maximum Gasteiger partial charge on any atom is 0.270 e. The van der Waals surface area contributed by atoms with Crippen LogP contribution in [0.15, 0.2) is 24.3 Å². The number of rotatable bonds is 2. The zero-order valence-electron chi connectivity index (χ0n) is 12.1. The molecule has 3 rings (SSSR count). The first-order valence-electron chi connectivity index (χ1n) is 6.89. The van der Waals surface area contributed by atoms with Gasteiger partial charge in [0.2, 0.25) is 0 Å². The van der Waals surface area contributed by atoms with Crippen molar-refractivity contribution >= 4 is 28.4 Å². The number of aromatic nitrogens is 1. The second kappa shape index (κ2) is 5.67. The van der Waals surface area contributed by atoms with E-state index in [1.165, 1.54) is 0 Å². The van der Waals surface area contributed by atoms with Crippen LogP contribution in [-0.2, 0) is 4.74 Å². The third-order valence-corrected chi connectivity index (χ3v) is 4.20. The van der Waals surface area contributed by atoms with Gasteiger partial charge in [0.1, 0.15) is 11.9 Å². The number of halogens is 1. The average Bonchev–Trinajstić information content (AvgIpc) is 2.90. The highest BCUT2D eigenvalue weighted by Crippen LogP contribution is 2.21. The molecule has 1 aromatic carbocycles. The van der Waals surface area contributed by atoms with Gasteiger partial charge in [-0.1, -0.05) is 11.6 Å². The highest BCUT2D eigenvalue weighted by molar-refractivity contribution is 6.31. The molecule has 1 aliphatic rings. The lowest BCUT2D eigenvalue weighted by molar-refractivity contribution is -0.0608. The number of ether oxygens (including phenoxy) is 1. The van der Waals surface area contributed by atoms with Crippen LogP contribution >= 0.6 is 11.6 Å². The number of H-pyrrole nitrogens is 1. The van der Waals surface area contributed by atoms with Crippen molar-refractivity contribution in [2.75, 3.05) is 33.8 Å². The lowest BCUT2D eigenvalue weighted by Crippen LogP contribution is -2.53. The Kier molecular flexibility index (Phi) is 3.89. The van der Waals surface area contributed by atoms with E-state index in [4.69, 9.17) is 16.3 Å². The molecule has 6 heteroatoms. The Morgan fingerprint density at radius 2 is 2.19 bits per heavy atom. The van der Waals surface area contributed by atoms with E-state index < -0.39 is 0 Å². The van der Waals surface area contributed by atoms with Gasteiger partial charge in [0, 0.05) is 36.1 Å². The standard InChI is InChI=1S/C15H18ClN3O2/c1-18-5-6-19(9-14(18)21-2)15(20)13-8-10-7-11(16)3-4-12(10)17-13/h3-4,7-8,14,17H,5-6,9H2,1-2H3. The molecule has 2 heterocycles. The van der Waals surface area contributed by atoms with Crippen molar-refractivity contribution in [1.82, 2.24) is 14.8 Å². The van der Waals surface area contributed by atoms with Crippen LogP contribution in [0.1, 0.15) is 10.5 Å². The average molecular weight is 308 g/mol. The molecule has 1 aromatic heterocycles. The van der Waals surface area contributed by atoms with Gasteiger partial charge in [-0.15, -0.1) is 0 Å². The molecule has 112 valence electrons. The van der Waals surface area contributed by atoms with Crippen molar-refractivity contribution in [3.8, 4) is 0 Å². The maximum absolute atomic E-state index is 12.6. The number of likely N-dealkylation sites (N-methyl/N-ethyl adjacent to an activating group) is 1. The van der Waals surface area contributed by atoms with Crippen LogP contribution in [0.4, 0.5) is 0 Å². The summed E-state index contributed by atoms with van der Waals surface area (Å²) in [6.07, 6.45) is -0.0541. The van der Waals surface area contributed by atoms with Gasteiger partial charge in [0.25, 0.3) is 5.91 Å². The monoisotopic (exact) mass is 307 g/mol. The third-order valence-electron chi connectivity index (χ3n) is 3.96. The number of methoxy groups -OCH3 is 1. The van der Waals surface area contributed by atoms with E-state index in [-0.39, 0.29) is 12.1 Å². The Bertz CT molecular complexity index is 670. The largest absolute Gasteiger partial charge is 0.364 e. The number of nitrogens with one attached hydrogen (secondary N) is 1. The van der Waals surface area contributed by atoms with Gasteiger partial charge >= 0.3 is 0 Å². The fraction of sp³-hybridized carbons (Fsp3) is 0.400. The van der Waals surface area contributed by atoms with Crippen LogP contribution in [0.3, 0.4) is 0 Å². The first-order chi connectivity index (χ1) is 10.1. The van der Waals surface area contributed by atoms with Crippen LogP contribution in [-0.4, -0.2) is 60.7 Å². The Labute approximate surface area is 128 Å². The van der Waals surface area contributed by atoms with Gasteiger partial charge in [0.05, 0.1) is 6.54 Å². The van der Waals surface area contributed by atoms with E-state index in [1.807, 2.05) is 36.2 Å². The van der Waals surface area contributed by atoms with Gasteiger partial charge in [-0.25, -0.2) is 0 Å². The number of carbonyl (C=O) groups excluding carboxylic acids is 1. The van der Waals surface area contributed by atoms with Crippen molar-refractivity contribution in [1.29, 1.82) is 0 Å². The van der Waals surface area contributed by atoms with Gasteiger partial charge < -0.3 is 14.6 Å².